The predicted molar refractivity (Wildman–Crippen MR) is 127 cm³/mol. The van der Waals surface area contributed by atoms with Gasteiger partial charge in [-0.25, -0.2) is 23.1 Å². The third-order valence-electron chi connectivity index (χ3n) is 7.24. The number of rotatable bonds is 9. The van der Waals surface area contributed by atoms with E-state index in [2.05, 4.69) is 20.6 Å². The van der Waals surface area contributed by atoms with E-state index in [0.29, 0.717) is 44.3 Å². The zero-order chi connectivity index (χ0) is 25.2. The van der Waals surface area contributed by atoms with Crippen molar-refractivity contribution in [2.24, 2.45) is 5.92 Å². The fraction of sp³-hybridized carbons (Fsp3) is 0.560. The van der Waals surface area contributed by atoms with Crippen LogP contribution in [0.5, 0.6) is 0 Å². The summed E-state index contributed by atoms with van der Waals surface area (Å²) >= 11 is 6.16. The molecule has 35 heavy (non-hydrogen) atoms. The molecule has 0 bridgehead atoms. The number of carbonyl (C=O) groups excluding carboxylic acids is 1. The van der Waals surface area contributed by atoms with E-state index in [1.807, 2.05) is 0 Å². The number of aromatic nitrogens is 2. The third kappa shape index (κ3) is 5.47. The molecular weight excluding hydrogens is 481 g/mol. The highest BCUT2D eigenvalue weighted by Gasteiger charge is 2.39. The average Bonchev–Trinajstić information content (AvgIpc) is 3.25. The molecular formula is C25H30ClF3N4O2. The van der Waals surface area contributed by atoms with Gasteiger partial charge < -0.3 is 15.4 Å². The summed E-state index contributed by atoms with van der Waals surface area (Å²) in [5.74, 6) is -0.148. The number of nitrogens with zero attached hydrogens (tertiary/aromatic N) is 2. The van der Waals surface area contributed by atoms with Crippen molar-refractivity contribution < 1.29 is 22.7 Å². The van der Waals surface area contributed by atoms with Gasteiger partial charge in [-0.15, -0.1) is 0 Å². The molecule has 2 aromatic rings. The summed E-state index contributed by atoms with van der Waals surface area (Å²) in [5, 5.41) is 6.47. The van der Waals surface area contributed by atoms with Crippen LogP contribution >= 0.6 is 11.6 Å². The second-order valence-corrected chi connectivity index (χ2v) is 9.71. The molecule has 0 amide bonds. The van der Waals surface area contributed by atoms with E-state index in [0.717, 1.165) is 30.4 Å². The Morgan fingerprint density at radius 3 is 2.66 bits per heavy atom. The maximum Gasteiger partial charge on any atom is 0.266 e. The number of hydrogen-bond acceptors (Lipinski definition) is 6. The van der Waals surface area contributed by atoms with Crippen LogP contribution in [0.3, 0.4) is 0 Å². The second-order valence-electron chi connectivity index (χ2n) is 9.37. The largest absolute Gasteiger partial charge is 0.370 e. The van der Waals surface area contributed by atoms with Gasteiger partial charge in [-0.2, -0.15) is 0 Å². The lowest BCUT2D eigenvalue weighted by Crippen LogP contribution is -2.49. The van der Waals surface area contributed by atoms with Crippen LogP contribution in [0, 0.1) is 11.7 Å². The Labute approximate surface area is 208 Å². The molecule has 1 fully saturated rings. The van der Waals surface area contributed by atoms with E-state index >= 15 is 0 Å². The Bertz CT molecular complexity index is 1080. The van der Waals surface area contributed by atoms with Gasteiger partial charge in [0.15, 0.2) is 5.78 Å². The first-order chi connectivity index (χ1) is 16.7. The summed E-state index contributed by atoms with van der Waals surface area (Å²) in [6.07, 6.45) is 0.850. The number of hydrogen-bond donors (Lipinski definition) is 2. The lowest BCUT2D eigenvalue weighted by Gasteiger charge is -2.35. The standard InChI is InChI=1S/C25H30ClF3N4O2/c1-14(16-4-3-5-17(21(16)27)22(28)29)31-23-18-12-15(13-19(18)32-24(26)33-23)6-7-20(34)25(35-2)8-10-30-11-9-25/h3-5,14-15,22,30H,6-13H2,1-2H3,(H,31,32,33)/t14-,15?/m1/s1. The van der Waals surface area contributed by atoms with Gasteiger partial charge in [-0.1, -0.05) is 18.2 Å². The van der Waals surface area contributed by atoms with E-state index in [9.17, 15) is 18.0 Å². The van der Waals surface area contributed by atoms with Crippen molar-refractivity contribution in [1.29, 1.82) is 0 Å². The molecule has 1 aliphatic carbocycles. The summed E-state index contributed by atoms with van der Waals surface area (Å²) in [5.41, 5.74) is 0.445. The van der Waals surface area contributed by atoms with Gasteiger partial charge in [0.05, 0.1) is 17.3 Å². The number of benzene rings is 1. The Hall–Kier alpha value is -2.23. The summed E-state index contributed by atoms with van der Waals surface area (Å²) in [6, 6.07) is 3.35. The maximum absolute atomic E-state index is 14.7. The molecule has 0 spiro atoms. The normalized spacial score (nSPS) is 20.0. The van der Waals surface area contributed by atoms with Crippen molar-refractivity contribution in [3.63, 3.8) is 0 Å². The van der Waals surface area contributed by atoms with Gasteiger partial charge in [0.2, 0.25) is 5.28 Å². The molecule has 0 radical (unpaired) electrons. The molecule has 2 heterocycles. The molecule has 0 saturated carbocycles. The lowest BCUT2D eigenvalue weighted by molar-refractivity contribution is -0.144. The highest BCUT2D eigenvalue weighted by molar-refractivity contribution is 6.28. The van der Waals surface area contributed by atoms with Crippen molar-refractivity contribution in [3.8, 4) is 0 Å². The zero-order valence-electron chi connectivity index (χ0n) is 19.8. The van der Waals surface area contributed by atoms with Crippen LogP contribution in [0.4, 0.5) is 19.0 Å². The monoisotopic (exact) mass is 510 g/mol. The van der Waals surface area contributed by atoms with Crippen LogP contribution in [0.15, 0.2) is 18.2 Å². The molecule has 6 nitrogen and oxygen atoms in total. The summed E-state index contributed by atoms with van der Waals surface area (Å²) in [4.78, 5) is 21.7. The first-order valence-electron chi connectivity index (χ1n) is 11.9. The van der Waals surface area contributed by atoms with Crippen molar-refractivity contribution in [3.05, 3.63) is 51.7 Å². The van der Waals surface area contributed by atoms with Gasteiger partial charge in [0.1, 0.15) is 17.2 Å². The maximum atomic E-state index is 14.7. The third-order valence-corrected chi connectivity index (χ3v) is 7.41. The van der Waals surface area contributed by atoms with Crippen LogP contribution in [0.1, 0.15) is 67.5 Å². The van der Waals surface area contributed by atoms with Gasteiger partial charge >= 0.3 is 0 Å². The fourth-order valence-corrected chi connectivity index (χ4v) is 5.37. The summed E-state index contributed by atoms with van der Waals surface area (Å²) in [7, 11) is 1.60. The van der Waals surface area contributed by atoms with E-state index in [4.69, 9.17) is 16.3 Å². The van der Waals surface area contributed by atoms with Crippen molar-refractivity contribution in [1.82, 2.24) is 15.3 Å². The molecule has 1 aliphatic heterocycles. The molecule has 1 saturated heterocycles. The molecule has 2 atom stereocenters. The van der Waals surface area contributed by atoms with E-state index in [-0.39, 0.29) is 22.5 Å². The first kappa shape index (κ1) is 25.9. The first-order valence-corrected chi connectivity index (χ1v) is 12.3. The number of carbonyl (C=O) groups is 1. The molecule has 2 aliphatic rings. The van der Waals surface area contributed by atoms with Crippen molar-refractivity contribution in [2.45, 2.75) is 63.5 Å². The van der Waals surface area contributed by atoms with E-state index < -0.39 is 29.4 Å². The Balaban J connectivity index is 1.45. The van der Waals surface area contributed by atoms with Gasteiger partial charge in [-0.3, -0.25) is 4.79 Å². The van der Waals surface area contributed by atoms with Crippen LogP contribution < -0.4 is 10.6 Å². The molecule has 1 aromatic carbocycles. The van der Waals surface area contributed by atoms with E-state index in [1.165, 1.54) is 12.1 Å². The number of anilines is 1. The Kier molecular flexibility index (Phi) is 7.98. The van der Waals surface area contributed by atoms with Crippen LogP contribution in [-0.4, -0.2) is 41.6 Å². The number of nitrogens with one attached hydrogen (secondary N) is 2. The van der Waals surface area contributed by atoms with Gasteiger partial charge in [-0.05, 0) is 69.6 Å². The number of methoxy groups -OCH3 is 1. The van der Waals surface area contributed by atoms with Crippen LogP contribution in [0.2, 0.25) is 5.28 Å². The number of halogens is 4. The minimum absolute atomic E-state index is 0.0602. The average molecular weight is 511 g/mol. The zero-order valence-corrected chi connectivity index (χ0v) is 20.6. The minimum atomic E-state index is -2.90. The Morgan fingerprint density at radius 2 is 1.97 bits per heavy atom. The number of ether oxygens (including phenoxy) is 1. The van der Waals surface area contributed by atoms with Crippen molar-refractivity contribution >= 4 is 23.2 Å². The highest BCUT2D eigenvalue weighted by atomic mass is 35.5. The Morgan fingerprint density at radius 1 is 1.26 bits per heavy atom. The minimum Gasteiger partial charge on any atom is -0.370 e. The molecule has 1 aromatic heterocycles. The summed E-state index contributed by atoms with van der Waals surface area (Å²) in [6.45, 7) is 3.21. The van der Waals surface area contributed by atoms with Crippen LogP contribution in [0.25, 0.3) is 0 Å². The molecule has 1 unspecified atom stereocenters. The second kappa shape index (κ2) is 10.8. The quantitative estimate of drug-likeness (QED) is 0.451. The van der Waals surface area contributed by atoms with Crippen LogP contribution in [-0.2, 0) is 22.4 Å². The number of Topliss-reactive ketones (excluding diaryl/α,β-unsaturated/α-hetero) is 1. The van der Waals surface area contributed by atoms with E-state index in [1.54, 1.807) is 14.0 Å². The molecule has 190 valence electrons. The number of ketones is 1. The van der Waals surface area contributed by atoms with Gasteiger partial charge in [0.25, 0.3) is 6.43 Å². The predicted octanol–water partition coefficient (Wildman–Crippen LogP) is 5.21. The number of piperidine rings is 1. The van der Waals surface area contributed by atoms with Gasteiger partial charge in [0, 0.05) is 24.7 Å². The number of alkyl halides is 2. The summed E-state index contributed by atoms with van der Waals surface area (Å²) < 4.78 is 46.6. The fourth-order valence-electron chi connectivity index (χ4n) is 5.19. The SMILES string of the molecule is COC1(C(=O)CCC2Cc3nc(Cl)nc(N[C@H](C)c4cccc(C(F)F)c4F)c3C2)CCNCC1. The smallest absolute Gasteiger partial charge is 0.266 e. The van der Waals surface area contributed by atoms with Crippen molar-refractivity contribution in [2.75, 3.05) is 25.5 Å². The molecule has 4 rings (SSSR count). The molecule has 10 heteroatoms. The molecule has 2 N–H and O–H groups in total. The highest BCUT2D eigenvalue weighted by Crippen LogP contribution is 2.36. The lowest BCUT2D eigenvalue weighted by atomic mass is 9.84. The number of fused-ring (bicyclic) bond motifs is 1. The topological polar surface area (TPSA) is 76.1 Å².